The van der Waals surface area contributed by atoms with Gasteiger partial charge in [0.2, 0.25) is 0 Å². The highest BCUT2D eigenvalue weighted by Crippen LogP contribution is 2.00. The number of hydrogen-bond donors (Lipinski definition) is 6. The largest absolute Gasteiger partial charge is 0.380 e. The van der Waals surface area contributed by atoms with Crippen molar-refractivity contribution < 1.29 is 19.1 Å². The van der Waals surface area contributed by atoms with Gasteiger partial charge in [0.1, 0.15) is 0 Å². The topological polar surface area (TPSA) is 177 Å². The van der Waals surface area contributed by atoms with Gasteiger partial charge in [0.05, 0.1) is 13.2 Å². The lowest BCUT2D eigenvalue weighted by Gasteiger charge is -2.07. The Bertz CT molecular complexity index is 482. The zero-order valence-corrected chi connectivity index (χ0v) is 18.2. The number of carbonyl (C=O) groups is 2. The molecule has 4 amide bonds. The highest BCUT2D eigenvalue weighted by Gasteiger charge is 2.02. The molecule has 0 aliphatic carbocycles. The molecule has 8 N–H and O–H groups in total. The summed E-state index contributed by atoms with van der Waals surface area (Å²) in [5.41, 5.74) is 11.3. The van der Waals surface area contributed by atoms with E-state index >= 15 is 0 Å². The molecule has 12 nitrogen and oxygen atoms in total. The summed E-state index contributed by atoms with van der Waals surface area (Å²) in [6.45, 7) is 7.77. The summed E-state index contributed by atoms with van der Waals surface area (Å²) in [7, 11) is 0. The normalized spacial score (nSPS) is 11.8. The summed E-state index contributed by atoms with van der Waals surface area (Å²) in [4.78, 5) is 31.3. The molecule has 12 heteroatoms. The summed E-state index contributed by atoms with van der Waals surface area (Å²) in [6.07, 6.45) is 3.57. The molecule has 0 fully saturated rings. The van der Waals surface area contributed by atoms with Crippen LogP contribution in [0.15, 0.2) is 9.98 Å². The Morgan fingerprint density at radius 3 is 1.50 bits per heavy atom. The number of urea groups is 2. The zero-order chi connectivity index (χ0) is 22.5. The van der Waals surface area contributed by atoms with E-state index in [9.17, 15) is 9.59 Å². The number of aliphatic imine (C=N–C) groups is 2. The van der Waals surface area contributed by atoms with Crippen molar-refractivity contribution in [3.63, 3.8) is 0 Å². The van der Waals surface area contributed by atoms with Crippen LogP contribution < -0.4 is 32.7 Å². The predicted molar refractivity (Wildman–Crippen MR) is 118 cm³/mol. The predicted octanol–water partition coefficient (Wildman–Crippen LogP) is -0.152. The van der Waals surface area contributed by atoms with Gasteiger partial charge in [0, 0.05) is 39.4 Å². The van der Waals surface area contributed by atoms with E-state index in [0.29, 0.717) is 52.6 Å². The molecule has 174 valence electrons. The highest BCUT2D eigenvalue weighted by atomic mass is 16.5. The summed E-state index contributed by atoms with van der Waals surface area (Å²) in [5.74, 6) is 0.179. The number of guanidine groups is 2. The van der Waals surface area contributed by atoms with Crippen LogP contribution in [-0.4, -0.2) is 76.6 Å². The molecule has 0 aliphatic heterocycles. The lowest BCUT2D eigenvalue weighted by Crippen LogP contribution is -2.44. The van der Waals surface area contributed by atoms with E-state index in [1.54, 1.807) is 0 Å². The molecule has 0 saturated carbocycles. The number of nitrogens with two attached hydrogens (primary N) is 2. The molecule has 0 atom stereocenters. The third-order valence-corrected chi connectivity index (χ3v) is 3.59. The maximum absolute atomic E-state index is 11.5. The second kappa shape index (κ2) is 19.7. The van der Waals surface area contributed by atoms with Crippen LogP contribution in [-0.2, 0) is 9.47 Å². The number of nitrogens with one attached hydrogen (secondary N) is 4. The summed E-state index contributed by atoms with van der Waals surface area (Å²) in [6, 6.07) is -0.800. The molecule has 0 heterocycles. The average molecular weight is 431 g/mol. The van der Waals surface area contributed by atoms with Crippen molar-refractivity contribution in [2.45, 2.75) is 39.5 Å². The number of amides is 4. The molecule has 0 radical (unpaired) electrons. The first-order valence-corrected chi connectivity index (χ1v) is 10.3. The van der Waals surface area contributed by atoms with Gasteiger partial charge in [-0.15, -0.1) is 0 Å². The molecular weight excluding hydrogens is 392 g/mol. The number of ether oxygens (including phenoxy) is 2. The van der Waals surface area contributed by atoms with Crippen LogP contribution in [0.3, 0.4) is 0 Å². The van der Waals surface area contributed by atoms with Gasteiger partial charge in [-0.3, -0.25) is 20.6 Å². The Morgan fingerprint density at radius 2 is 1.13 bits per heavy atom. The van der Waals surface area contributed by atoms with Crippen LogP contribution >= 0.6 is 0 Å². The molecule has 0 aliphatic rings. The van der Waals surface area contributed by atoms with Crippen LogP contribution in [0.4, 0.5) is 9.59 Å². The minimum Gasteiger partial charge on any atom is -0.380 e. The van der Waals surface area contributed by atoms with Gasteiger partial charge < -0.3 is 31.6 Å². The van der Waals surface area contributed by atoms with E-state index in [0.717, 1.165) is 25.7 Å². The van der Waals surface area contributed by atoms with Crippen molar-refractivity contribution in [3.05, 3.63) is 0 Å². The molecule has 0 rings (SSSR count). The van der Waals surface area contributed by atoms with E-state index in [2.05, 4.69) is 31.3 Å². The average Bonchev–Trinajstić information content (AvgIpc) is 2.70. The molecule has 0 aromatic rings. The van der Waals surface area contributed by atoms with Crippen molar-refractivity contribution in [1.29, 1.82) is 0 Å². The third kappa shape index (κ3) is 18.7. The first-order chi connectivity index (χ1) is 14.5. The fourth-order valence-electron chi connectivity index (χ4n) is 2.14. The van der Waals surface area contributed by atoms with Gasteiger partial charge in [-0.05, 0) is 26.7 Å². The molecule has 0 spiro atoms. The van der Waals surface area contributed by atoms with E-state index in [1.807, 2.05) is 13.8 Å². The van der Waals surface area contributed by atoms with Crippen molar-refractivity contribution >= 4 is 24.0 Å². The number of unbranched alkanes of at least 4 members (excludes halogenated alkanes) is 3. The summed E-state index contributed by atoms with van der Waals surface area (Å²) in [5, 5.41) is 10.1. The molecule has 30 heavy (non-hydrogen) atoms. The van der Waals surface area contributed by atoms with Gasteiger partial charge in [-0.1, -0.05) is 12.8 Å². The van der Waals surface area contributed by atoms with Gasteiger partial charge >= 0.3 is 12.1 Å². The Hall–Kier alpha value is -2.60. The van der Waals surface area contributed by atoms with E-state index < -0.39 is 12.1 Å². The van der Waals surface area contributed by atoms with Crippen LogP contribution in [0.2, 0.25) is 0 Å². The second-order valence-electron chi connectivity index (χ2n) is 6.10. The Balaban J connectivity index is 3.68. The SMILES string of the molecule is CCOCCNC(=O)NC(N)=NCCCCCCN=C(N)NC(=O)NCCOCC. The quantitative estimate of drug-likeness (QED) is 0.119. The molecule has 0 bridgehead atoms. The van der Waals surface area contributed by atoms with Crippen LogP contribution in [0.25, 0.3) is 0 Å². The van der Waals surface area contributed by atoms with Crippen molar-refractivity contribution in [1.82, 2.24) is 21.3 Å². The van der Waals surface area contributed by atoms with Gasteiger partial charge in [0.25, 0.3) is 0 Å². The lowest BCUT2D eigenvalue weighted by atomic mass is 10.2. The first-order valence-electron chi connectivity index (χ1n) is 10.3. The van der Waals surface area contributed by atoms with Gasteiger partial charge in [-0.2, -0.15) is 0 Å². The Morgan fingerprint density at radius 1 is 0.733 bits per heavy atom. The smallest absolute Gasteiger partial charge is 0.321 e. The highest BCUT2D eigenvalue weighted by molar-refractivity contribution is 5.95. The lowest BCUT2D eigenvalue weighted by molar-refractivity contribution is 0.149. The number of rotatable bonds is 15. The monoisotopic (exact) mass is 430 g/mol. The molecular formula is C18H38N8O4. The minimum absolute atomic E-state index is 0.0897. The minimum atomic E-state index is -0.400. The van der Waals surface area contributed by atoms with Crippen molar-refractivity contribution in [3.8, 4) is 0 Å². The fraction of sp³-hybridized carbons (Fsp3) is 0.778. The summed E-state index contributed by atoms with van der Waals surface area (Å²) < 4.78 is 10.2. The summed E-state index contributed by atoms with van der Waals surface area (Å²) >= 11 is 0. The molecule has 0 aromatic heterocycles. The molecule has 0 unspecified atom stereocenters. The fourth-order valence-corrected chi connectivity index (χ4v) is 2.14. The van der Waals surface area contributed by atoms with Gasteiger partial charge in [-0.25, -0.2) is 9.59 Å². The van der Waals surface area contributed by atoms with Crippen molar-refractivity contribution in [2.75, 3.05) is 52.6 Å². The standard InChI is InChI=1S/C18H38N8O4/c1-3-29-13-11-23-17(27)25-15(19)21-9-7-5-6-8-10-22-16(20)26-18(28)24-12-14-30-4-2/h3-14H2,1-2H3,(H4,19,21,23,25,27)(H4,20,22,24,26,28). The van der Waals surface area contributed by atoms with Gasteiger partial charge in [0.15, 0.2) is 11.9 Å². The number of nitrogens with zero attached hydrogens (tertiary/aromatic N) is 2. The van der Waals surface area contributed by atoms with Crippen LogP contribution in [0, 0.1) is 0 Å². The second-order valence-corrected chi connectivity index (χ2v) is 6.10. The molecule has 0 aromatic carbocycles. The van der Waals surface area contributed by atoms with E-state index in [1.165, 1.54) is 0 Å². The molecule has 0 saturated heterocycles. The third-order valence-electron chi connectivity index (χ3n) is 3.59. The van der Waals surface area contributed by atoms with Crippen LogP contribution in [0.1, 0.15) is 39.5 Å². The maximum atomic E-state index is 11.5. The maximum Gasteiger partial charge on any atom is 0.321 e. The van der Waals surface area contributed by atoms with Crippen molar-refractivity contribution in [2.24, 2.45) is 21.5 Å². The number of carbonyl (C=O) groups excluding carboxylic acids is 2. The Kier molecular flexibility index (Phi) is 18.0. The number of hydrogen-bond acceptors (Lipinski definition) is 6. The van der Waals surface area contributed by atoms with E-state index in [4.69, 9.17) is 20.9 Å². The van der Waals surface area contributed by atoms with Crippen LogP contribution in [0.5, 0.6) is 0 Å². The first kappa shape index (κ1) is 27.4. The zero-order valence-electron chi connectivity index (χ0n) is 18.2. The van der Waals surface area contributed by atoms with E-state index in [-0.39, 0.29) is 11.9 Å². The Labute approximate surface area is 178 Å².